The monoisotopic (exact) mass is 334 g/mol. The summed E-state index contributed by atoms with van der Waals surface area (Å²) in [6, 6.07) is 12.3. The van der Waals surface area contributed by atoms with Gasteiger partial charge in [0.2, 0.25) is 0 Å². The van der Waals surface area contributed by atoms with Gasteiger partial charge in [0.25, 0.3) is 0 Å². The van der Waals surface area contributed by atoms with Crippen molar-refractivity contribution in [2.24, 2.45) is 0 Å². The Morgan fingerprint density at radius 2 is 1.95 bits per heavy atom. The van der Waals surface area contributed by atoms with Crippen LogP contribution in [-0.2, 0) is 0 Å². The molecule has 6 heteroatoms. The summed E-state index contributed by atoms with van der Waals surface area (Å²) in [5, 5.41) is 7.00. The van der Waals surface area contributed by atoms with Gasteiger partial charge in [-0.05, 0) is 49.5 Å². The summed E-state index contributed by atoms with van der Waals surface area (Å²) in [5.74, 6) is 0.630. The first-order valence-electron chi connectivity index (χ1n) is 6.52. The van der Waals surface area contributed by atoms with Crippen LogP contribution in [-0.4, -0.2) is 18.0 Å². The number of ether oxygens (including phenoxy) is 1. The third-order valence-corrected chi connectivity index (χ3v) is 3.38. The Labute approximate surface area is 139 Å². The van der Waals surface area contributed by atoms with Crippen LogP contribution in [0.25, 0.3) is 0 Å². The molecule has 4 nitrogen and oxygen atoms in total. The molecule has 0 amide bonds. The van der Waals surface area contributed by atoms with Gasteiger partial charge in [-0.1, -0.05) is 23.7 Å². The first kappa shape index (κ1) is 16.3. The molecule has 2 aromatic rings. The highest BCUT2D eigenvalue weighted by atomic mass is 35.5. The Morgan fingerprint density at radius 3 is 2.64 bits per heavy atom. The van der Waals surface area contributed by atoms with Crippen molar-refractivity contribution < 1.29 is 9.53 Å². The third-order valence-electron chi connectivity index (χ3n) is 2.94. The summed E-state index contributed by atoms with van der Waals surface area (Å²) < 4.78 is 5.25. The number of carbonyl (C=O) groups is 1. The largest absolute Gasteiger partial charge is 0.495 e. The van der Waals surface area contributed by atoms with Gasteiger partial charge >= 0.3 is 0 Å². The molecule has 0 aliphatic carbocycles. The molecule has 0 saturated carbocycles. The van der Waals surface area contributed by atoms with Gasteiger partial charge in [0.05, 0.1) is 12.8 Å². The fourth-order valence-electron chi connectivity index (χ4n) is 1.88. The van der Waals surface area contributed by atoms with Crippen molar-refractivity contribution >= 4 is 46.1 Å². The number of thiocarbonyl (C=S) groups is 1. The Morgan fingerprint density at radius 1 is 1.18 bits per heavy atom. The highest BCUT2D eigenvalue weighted by molar-refractivity contribution is 7.80. The minimum Gasteiger partial charge on any atom is -0.495 e. The van der Waals surface area contributed by atoms with E-state index < -0.39 is 0 Å². The molecular weight excluding hydrogens is 320 g/mol. The SMILES string of the molecule is COc1ccc(Cl)cc1NC(=S)Nc1cccc(C(C)=O)c1. The molecule has 0 saturated heterocycles. The predicted octanol–water partition coefficient (Wildman–Crippen LogP) is 4.36. The average molecular weight is 335 g/mol. The lowest BCUT2D eigenvalue weighted by atomic mass is 10.1. The normalized spacial score (nSPS) is 9.95. The number of anilines is 2. The van der Waals surface area contributed by atoms with E-state index in [0.29, 0.717) is 27.1 Å². The maximum atomic E-state index is 11.4. The number of benzene rings is 2. The second-order valence-electron chi connectivity index (χ2n) is 4.56. The smallest absolute Gasteiger partial charge is 0.175 e. The maximum Gasteiger partial charge on any atom is 0.175 e. The molecule has 2 N–H and O–H groups in total. The van der Waals surface area contributed by atoms with E-state index in [1.807, 2.05) is 6.07 Å². The number of rotatable bonds is 4. The number of carbonyl (C=O) groups excluding carboxylic acids is 1. The molecule has 0 heterocycles. The van der Waals surface area contributed by atoms with Gasteiger partial charge < -0.3 is 15.4 Å². The Hall–Kier alpha value is -2.11. The topological polar surface area (TPSA) is 50.4 Å². The summed E-state index contributed by atoms with van der Waals surface area (Å²) >= 11 is 11.2. The van der Waals surface area contributed by atoms with Gasteiger partial charge in [-0.3, -0.25) is 4.79 Å². The van der Waals surface area contributed by atoms with Crippen LogP contribution in [0.15, 0.2) is 42.5 Å². The van der Waals surface area contributed by atoms with E-state index >= 15 is 0 Å². The molecule has 0 atom stereocenters. The van der Waals surface area contributed by atoms with Gasteiger partial charge in [0.15, 0.2) is 10.9 Å². The first-order chi connectivity index (χ1) is 10.5. The van der Waals surface area contributed by atoms with Crippen LogP contribution in [0.4, 0.5) is 11.4 Å². The van der Waals surface area contributed by atoms with E-state index in [2.05, 4.69) is 10.6 Å². The molecule has 0 bridgehead atoms. The van der Waals surface area contributed by atoms with Gasteiger partial charge in [0.1, 0.15) is 5.75 Å². The molecule has 0 aliphatic heterocycles. The van der Waals surface area contributed by atoms with Crippen LogP contribution in [0.1, 0.15) is 17.3 Å². The minimum atomic E-state index is -0.000891. The lowest BCUT2D eigenvalue weighted by Gasteiger charge is -2.14. The van der Waals surface area contributed by atoms with Crippen LogP contribution in [0.3, 0.4) is 0 Å². The van der Waals surface area contributed by atoms with Crippen molar-refractivity contribution in [2.45, 2.75) is 6.92 Å². The molecule has 0 unspecified atom stereocenters. The average Bonchev–Trinajstić information content (AvgIpc) is 2.47. The lowest BCUT2D eigenvalue weighted by molar-refractivity contribution is 0.101. The molecular formula is C16H15ClN2O2S. The number of nitrogens with one attached hydrogen (secondary N) is 2. The quantitative estimate of drug-likeness (QED) is 0.642. The van der Waals surface area contributed by atoms with Crippen LogP contribution in [0.5, 0.6) is 5.75 Å². The molecule has 2 rings (SSSR count). The van der Waals surface area contributed by atoms with Crippen molar-refractivity contribution in [3.8, 4) is 5.75 Å². The molecule has 0 radical (unpaired) electrons. The summed E-state index contributed by atoms with van der Waals surface area (Å²) in [6.45, 7) is 1.52. The second-order valence-corrected chi connectivity index (χ2v) is 5.41. The van der Waals surface area contributed by atoms with Crippen LogP contribution in [0, 0.1) is 0 Å². The van der Waals surface area contributed by atoms with Gasteiger partial charge in [-0.2, -0.15) is 0 Å². The van der Waals surface area contributed by atoms with Crippen molar-refractivity contribution in [3.63, 3.8) is 0 Å². The van der Waals surface area contributed by atoms with E-state index in [0.717, 1.165) is 5.69 Å². The van der Waals surface area contributed by atoms with E-state index in [1.165, 1.54) is 6.92 Å². The Bertz CT molecular complexity index is 719. The van der Waals surface area contributed by atoms with E-state index in [1.54, 1.807) is 43.5 Å². The molecule has 114 valence electrons. The summed E-state index contributed by atoms with van der Waals surface area (Å²) in [6.07, 6.45) is 0. The molecule has 22 heavy (non-hydrogen) atoms. The van der Waals surface area contributed by atoms with Crippen molar-refractivity contribution in [2.75, 3.05) is 17.7 Å². The summed E-state index contributed by atoms with van der Waals surface area (Å²) in [5.41, 5.74) is 2.01. The molecule has 0 fully saturated rings. The first-order valence-corrected chi connectivity index (χ1v) is 7.31. The second kappa shape index (κ2) is 7.24. The zero-order valence-electron chi connectivity index (χ0n) is 12.1. The molecule has 0 spiro atoms. The number of hydrogen-bond donors (Lipinski definition) is 2. The lowest BCUT2D eigenvalue weighted by Crippen LogP contribution is -2.19. The maximum absolute atomic E-state index is 11.4. The van der Waals surface area contributed by atoms with E-state index in [-0.39, 0.29) is 5.78 Å². The zero-order valence-corrected chi connectivity index (χ0v) is 13.7. The summed E-state index contributed by atoms with van der Waals surface area (Å²) in [4.78, 5) is 11.4. The van der Waals surface area contributed by atoms with Crippen LogP contribution in [0.2, 0.25) is 5.02 Å². The van der Waals surface area contributed by atoms with Crippen molar-refractivity contribution in [1.82, 2.24) is 0 Å². The minimum absolute atomic E-state index is 0.000891. The third kappa shape index (κ3) is 4.19. The number of methoxy groups -OCH3 is 1. The Balaban J connectivity index is 2.12. The van der Waals surface area contributed by atoms with Crippen molar-refractivity contribution in [3.05, 3.63) is 53.1 Å². The summed E-state index contributed by atoms with van der Waals surface area (Å²) in [7, 11) is 1.57. The fraction of sp³-hybridized carbons (Fsp3) is 0.125. The standard InChI is InChI=1S/C16H15ClN2O2S/c1-10(20)11-4-3-5-13(8-11)18-16(22)19-14-9-12(17)6-7-15(14)21-2/h3-9H,1-2H3,(H2,18,19,22). The highest BCUT2D eigenvalue weighted by Gasteiger charge is 2.07. The Kier molecular flexibility index (Phi) is 5.35. The number of halogens is 1. The highest BCUT2D eigenvalue weighted by Crippen LogP contribution is 2.27. The molecule has 0 aliphatic rings. The van der Waals surface area contributed by atoms with Gasteiger partial charge in [0, 0.05) is 16.3 Å². The van der Waals surface area contributed by atoms with Crippen molar-refractivity contribution in [1.29, 1.82) is 0 Å². The number of hydrogen-bond acceptors (Lipinski definition) is 3. The zero-order chi connectivity index (χ0) is 16.1. The predicted molar refractivity (Wildman–Crippen MR) is 94.3 cm³/mol. The molecule has 2 aromatic carbocycles. The van der Waals surface area contributed by atoms with Crippen LogP contribution < -0.4 is 15.4 Å². The fourth-order valence-corrected chi connectivity index (χ4v) is 2.28. The van der Waals surface area contributed by atoms with E-state index in [9.17, 15) is 4.79 Å². The van der Waals surface area contributed by atoms with E-state index in [4.69, 9.17) is 28.6 Å². The molecule has 0 aromatic heterocycles. The number of ketones is 1. The number of Topliss-reactive ketones (excluding diaryl/α,β-unsaturated/α-hetero) is 1. The van der Waals surface area contributed by atoms with Crippen LogP contribution >= 0.6 is 23.8 Å². The van der Waals surface area contributed by atoms with Gasteiger partial charge in [-0.25, -0.2) is 0 Å². The van der Waals surface area contributed by atoms with Gasteiger partial charge in [-0.15, -0.1) is 0 Å².